The van der Waals surface area contributed by atoms with Crippen molar-refractivity contribution in [3.8, 4) is 0 Å². The molecule has 3 aromatic rings. The second-order valence-electron chi connectivity index (χ2n) is 4.82. The van der Waals surface area contributed by atoms with E-state index in [1.807, 2.05) is 6.07 Å². The summed E-state index contributed by atoms with van der Waals surface area (Å²) >= 11 is 0. The molecule has 92 valence electrons. The second-order valence-corrected chi connectivity index (χ2v) is 4.82. The van der Waals surface area contributed by atoms with Gasteiger partial charge >= 0.3 is 0 Å². The highest BCUT2D eigenvalue weighted by Crippen LogP contribution is 2.22. The van der Waals surface area contributed by atoms with E-state index in [9.17, 15) is 0 Å². The lowest BCUT2D eigenvalue weighted by atomic mass is 10.0. The van der Waals surface area contributed by atoms with E-state index in [-0.39, 0.29) is 0 Å². The number of aryl methyl sites for hydroxylation is 1. The molecule has 0 aromatic heterocycles. The van der Waals surface area contributed by atoms with Crippen molar-refractivity contribution >= 4 is 22.9 Å². The Hall–Kier alpha value is -2.34. The van der Waals surface area contributed by atoms with E-state index in [4.69, 9.17) is 0 Å². The Morgan fingerprint density at radius 3 is 2.32 bits per heavy atom. The first kappa shape index (κ1) is 11.7. The van der Waals surface area contributed by atoms with Gasteiger partial charge in [0.05, 0.1) is 0 Å². The van der Waals surface area contributed by atoms with Gasteiger partial charge in [-0.25, -0.2) is 0 Å². The molecule has 0 aliphatic rings. The SMILES string of the molecule is Cc1cc(/C=C/c2ccccc2)c2ccccc2c1. The molecular formula is C19H16. The molecule has 0 heterocycles. The van der Waals surface area contributed by atoms with E-state index in [2.05, 4.69) is 79.7 Å². The zero-order chi connectivity index (χ0) is 13.1. The normalized spacial score (nSPS) is 11.2. The van der Waals surface area contributed by atoms with Crippen LogP contribution in [0.3, 0.4) is 0 Å². The molecular weight excluding hydrogens is 228 g/mol. The number of benzene rings is 3. The number of hydrogen-bond acceptors (Lipinski definition) is 0. The van der Waals surface area contributed by atoms with Crippen LogP contribution in [0.25, 0.3) is 22.9 Å². The number of hydrogen-bond donors (Lipinski definition) is 0. The maximum absolute atomic E-state index is 2.24. The molecule has 19 heavy (non-hydrogen) atoms. The lowest BCUT2D eigenvalue weighted by molar-refractivity contribution is 1.49. The fourth-order valence-electron chi connectivity index (χ4n) is 2.38. The monoisotopic (exact) mass is 244 g/mol. The second kappa shape index (κ2) is 5.11. The van der Waals surface area contributed by atoms with E-state index >= 15 is 0 Å². The molecule has 0 nitrogen and oxygen atoms in total. The van der Waals surface area contributed by atoms with Crippen LogP contribution in [0.1, 0.15) is 16.7 Å². The number of rotatable bonds is 2. The largest absolute Gasteiger partial charge is 0.0622 e. The molecule has 3 rings (SSSR count). The minimum atomic E-state index is 1.23. The zero-order valence-corrected chi connectivity index (χ0v) is 11.0. The first-order chi connectivity index (χ1) is 9.33. The summed E-state index contributed by atoms with van der Waals surface area (Å²) in [5.74, 6) is 0. The Morgan fingerprint density at radius 1 is 0.737 bits per heavy atom. The minimum Gasteiger partial charge on any atom is -0.0622 e. The molecule has 3 aromatic carbocycles. The van der Waals surface area contributed by atoms with Crippen molar-refractivity contribution in [1.82, 2.24) is 0 Å². The van der Waals surface area contributed by atoms with Crippen LogP contribution in [0.4, 0.5) is 0 Å². The maximum atomic E-state index is 2.24. The third-order valence-electron chi connectivity index (χ3n) is 3.29. The minimum absolute atomic E-state index is 1.23. The predicted octanol–water partition coefficient (Wildman–Crippen LogP) is 5.32. The zero-order valence-electron chi connectivity index (χ0n) is 11.0. The van der Waals surface area contributed by atoms with Gasteiger partial charge in [0.15, 0.2) is 0 Å². The number of fused-ring (bicyclic) bond motifs is 1. The first-order valence-electron chi connectivity index (χ1n) is 6.55. The first-order valence-corrected chi connectivity index (χ1v) is 6.55. The molecule has 0 amide bonds. The average molecular weight is 244 g/mol. The summed E-state index contributed by atoms with van der Waals surface area (Å²) in [4.78, 5) is 0. The van der Waals surface area contributed by atoms with Crippen LogP contribution in [0.2, 0.25) is 0 Å². The van der Waals surface area contributed by atoms with Crippen LogP contribution < -0.4 is 0 Å². The Bertz CT molecular complexity index is 721. The highest BCUT2D eigenvalue weighted by atomic mass is 14.0. The van der Waals surface area contributed by atoms with E-state index in [0.29, 0.717) is 0 Å². The summed E-state index contributed by atoms with van der Waals surface area (Å²) in [6.07, 6.45) is 4.37. The Labute approximate surface area is 114 Å². The standard InChI is InChI=1S/C19H16/c1-15-13-17-9-5-6-10-19(17)18(14-15)12-11-16-7-3-2-4-8-16/h2-14H,1H3/b12-11+. The Balaban J connectivity index is 2.08. The van der Waals surface area contributed by atoms with Crippen LogP contribution in [0, 0.1) is 6.92 Å². The summed E-state index contributed by atoms with van der Waals surface area (Å²) in [5, 5.41) is 2.61. The van der Waals surface area contributed by atoms with Gasteiger partial charge in [0, 0.05) is 0 Å². The molecule has 0 atom stereocenters. The van der Waals surface area contributed by atoms with Crippen molar-refractivity contribution in [2.75, 3.05) is 0 Å². The van der Waals surface area contributed by atoms with Gasteiger partial charge in [-0.3, -0.25) is 0 Å². The van der Waals surface area contributed by atoms with Gasteiger partial charge in [-0.1, -0.05) is 78.9 Å². The van der Waals surface area contributed by atoms with E-state index < -0.39 is 0 Å². The van der Waals surface area contributed by atoms with E-state index in [1.54, 1.807) is 0 Å². The van der Waals surface area contributed by atoms with Crippen molar-refractivity contribution in [2.45, 2.75) is 6.92 Å². The van der Waals surface area contributed by atoms with Gasteiger partial charge in [0.1, 0.15) is 0 Å². The molecule has 0 fully saturated rings. The fraction of sp³-hybridized carbons (Fsp3) is 0.0526. The fourth-order valence-corrected chi connectivity index (χ4v) is 2.38. The third kappa shape index (κ3) is 2.58. The van der Waals surface area contributed by atoms with Crippen LogP contribution in [-0.4, -0.2) is 0 Å². The Morgan fingerprint density at radius 2 is 1.47 bits per heavy atom. The van der Waals surface area contributed by atoms with Crippen LogP contribution in [0.15, 0.2) is 66.7 Å². The van der Waals surface area contributed by atoms with Crippen LogP contribution in [-0.2, 0) is 0 Å². The van der Waals surface area contributed by atoms with Crippen molar-refractivity contribution in [3.05, 3.63) is 83.4 Å². The molecule has 0 N–H and O–H groups in total. The van der Waals surface area contributed by atoms with Gasteiger partial charge in [-0.05, 0) is 34.4 Å². The van der Waals surface area contributed by atoms with Crippen molar-refractivity contribution < 1.29 is 0 Å². The van der Waals surface area contributed by atoms with Crippen molar-refractivity contribution in [2.24, 2.45) is 0 Å². The molecule has 0 bridgehead atoms. The molecule has 0 aliphatic heterocycles. The molecule has 0 saturated carbocycles. The molecule has 0 heteroatoms. The summed E-state index contributed by atoms with van der Waals surface area (Å²) in [7, 11) is 0. The molecule has 0 aliphatic carbocycles. The van der Waals surface area contributed by atoms with Gasteiger partial charge in [-0.2, -0.15) is 0 Å². The van der Waals surface area contributed by atoms with Crippen molar-refractivity contribution in [3.63, 3.8) is 0 Å². The van der Waals surface area contributed by atoms with Gasteiger partial charge < -0.3 is 0 Å². The smallest absolute Gasteiger partial charge is 0.0111 e. The summed E-state index contributed by atoms with van der Waals surface area (Å²) in [6, 6.07) is 23.4. The third-order valence-corrected chi connectivity index (χ3v) is 3.29. The molecule has 0 spiro atoms. The summed E-state index contributed by atoms with van der Waals surface area (Å²) in [6.45, 7) is 2.15. The average Bonchev–Trinajstić information content (AvgIpc) is 2.45. The van der Waals surface area contributed by atoms with Gasteiger partial charge in [0.2, 0.25) is 0 Å². The van der Waals surface area contributed by atoms with Crippen LogP contribution in [0.5, 0.6) is 0 Å². The lowest BCUT2D eigenvalue weighted by Crippen LogP contribution is -1.81. The van der Waals surface area contributed by atoms with Crippen LogP contribution >= 0.6 is 0 Å². The topological polar surface area (TPSA) is 0 Å². The molecule has 0 unspecified atom stereocenters. The Kier molecular flexibility index (Phi) is 3.16. The maximum Gasteiger partial charge on any atom is -0.0111 e. The quantitative estimate of drug-likeness (QED) is 0.535. The van der Waals surface area contributed by atoms with Crippen molar-refractivity contribution in [1.29, 1.82) is 0 Å². The summed E-state index contributed by atoms with van der Waals surface area (Å²) < 4.78 is 0. The highest BCUT2D eigenvalue weighted by Gasteiger charge is 1.99. The summed E-state index contributed by atoms with van der Waals surface area (Å²) in [5.41, 5.74) is 3.80. The van der Waals surface area contributed by atoms with E-state index in [1.165, 1.54) is 27.5 Å². The van der Waals surface area contributed by atoms with Gasteiger partial charge in [0.25, 0.3) is 0 Å². The predicted molar refractivity (Wildman–Crippen MR) is 84.1 cm³/mol. The van der Waals surface area contributed by atoms with E-state index in [0.717, 1.165) is 0 Å². The molecule has 0 saturated heterocycles. The van der Waals surface area contributed by atoms with Gasteiger partial charge in [-0.15, -0.1) is 0 Å². The lowest BCUT2D eigenvalue weighted by Gasteiger charge is -2.04. The highest BCUT2D eigenvalue weighted by molar-refractivity contribution is 5.93. The molecule has 0 radical (unpaired) electrons.